The number of amides is 1. The van der Waals surface area contributed by atoms with Crippen LogP contribution in [0.4, 0.5) is 5.69 Å². The van der Waals surface area contributed by atoms with Crippen LogP contribution in [-0.4, -0.2) is 12.5 Å². The molecule has 1 N–H and O–H groups in total. The topological polar surface area (TPSA) is 71.3 Å². The van der Waals surface area contributed by atoms with E-state index in [9.17, 15) is 10.1 Å². The first-order valence-electron chi connectivity index (χ1n) is 11.2. The minimum atomic E-state index is -0.499. The van der Waals surface area contributed by atoms with E-state index in [1.165, 1.54) is 6.08 Å². The van der Waals surface area contributed by atoms with E-state index in [-0.39, 0.29) is 5.57 Å². The average Bonchev–Trinajstić information content (AvgIpc) is 2.87. The van der Waals surface area contributed by atoms with E-state index in [1.54, 1.807) is 30.3 Å². The molecular weight excluding hydrogens is 584 g/mol. The summed E-state index contributed by atoms with van der Waals surface area (Å²) in [4.78, 5) is 12.7. The highest BCUT2D eigenvalue weighted by atomic mass is 79.9. The summed E-state index contributed by atoms with van der Waals surface area (Å²) < 4.78 is 13.5. The van der Waals surface area contributed by atoms with E-state index in [4.69, 9.17) is 9.47 Å². The molecule has 0 aliphatic carbocycles. The lowest BCUT2D eigenvalue weighted by molar-refractivity contribution is -0.112. The van der Waals surface area contributed by atoms with Crippen LogP contribution in [0.3, 0.4) is 0 Å². The summed E-state index contributed by atoms with van der Waals surface area (Å²) in [5, 5.41) is 14.6. The summed E-state index contributed by atoms with van der Waals surface area (Å²) >= 11 is 6.95. The summed E-state index contributed by atoms with van der Waals surface area (Å²) in [7, 11) is 0. The fraction of sp³-hybridized carbons (Fsp3) is 0.103. The molecule has 0 saturated heterocycles. The fourth-order valence-electron chi connectivity index (χ4n) is 3.72. The molecule has 7 heteroatoms. The standard InChI is InChI=1S/C29H22Br2N2O3/c1-2-35-27-15-19(13-22(17-32)29(34)33-24-11-6-10-23(30)16-24)14-26(31)28(27)36-18-21-9-5-8-20-7-3-4-12-25(20)21/h3-16H,2,18H2,1H3,(H,33,34)/b22-13-. The third-order valence-electron chi connectivity index (χ3n) is 5.34. The number of ether oxygens (including phenoxy) is 2. The van der Waals surface area contributed by atoms with Crippen LogP contribution in [0.1, 0.15) is 18.1 Å². The van der Waals surface area contributed by atoms with E-state index in [0.717, 1.165) is 20.8 Å². The van der Waals surface area contributed by atoms with E-state index >= 15 is 0 Å². The second-order valence-corrected chi connectivity index (χ2v) is 9.59. The Balaban J connectivity index is 1.59. The molecule has 4 aromatic carbocycles. The highest BCUT2D eigenvalue weighted by molar-refractivity contribution is 9.10. The summed E-state index contributed by atoms with van der Waals surface area (Å²) in [6, 6.07) is 27.0. The Hall–Kier alpha value is -3.60. The molecule has 5 nitrogen and oxygen atoms in total. The molecule has 0 atom stereocenters. The average molecular weight is 606 g/mol. The number of nitrogens with zero attached hydrogens (tertiary/aromatic N) is 1. The van der Waals surface area contributed by atoms with Crippen molar-refractivity contribution < 1.29 is 14.3 Å². The van der Waals surface area contributed by atoms with Crippen molar-refractivity contribution in [3.63, 3.8) is 0 Å². The lowest BCUT2D eigenvalue weighted by Crippen LogP contribution is -2.13. The maximum atomic E-state index is 12.7. The predicted molar refractivity (Wildman–Crippen MR) is 150 cm³/mol. The maximum Gasteiger partial charge on any atom is 0.266 e. The molecule has 0 fully saturated rings. The number of fused-ring (bicyclic) bond motifs is 1. The highest BCUT2D eigenvalue weighted by Gasteiger charge is 2.15. The van der Waals surface area contributed by atoms with Gasteiger partial charge >= 0.3 is 0 Å². The largest absolute Gasteiger partial charge is 0.490 e. The van der Waals surface area contributed by atoms with Crippen molar-refractivity contribution >= 4 is 60.3 Å². The Labute approximate surface area is 226 Å². The number of halogens is 2. The third kappa shape index (κ3) is 6.14. The van der Waals surface area contributed by atoms with E-state index in [0.29, 0.717) is 40.4 Å². The van der Waals surface area contributed by atoms with E-state index < -0.39 is 5.91 Å². The molecule has 0 saturated carbocycles. The Morgan fingerprint density at radius 1 is 1.00 bits per heavy atom. The van der Waals surface area contributed by atoms with Gasteiger partial charge in [0.15, 0.2) is 11.5 Å². The number of hydrogen-bond donors (Lipinski definition) is 1. The van der Waals surface area contributed by atoms with Crippen molar-refractivity contribution in [1.82, 2.24) is 0 Å². The molecule has 36 heavy (non-hydrogen) atoms. The predicted octanol–water partition coefficient (Wildman–Crippen LogP) is 7.89. The van der Waals surface area contributed by atoms with Gasteiger partial charge in [-0.1, -0.05) is 64.5 Å². The van der Waals surface area contributed by atoms with Gasteiger partial charge in [0.2, 0.25) is 0 Å². The number of carbonyl (C=O) groups is 1. The summed E-state index contributed by atoms with van der Waals surface area (Å²) in [5.41, 5.74) is 2.24. The van der Waals surface area contributed by atoms with Crippen LogP contribution in [0.5, 0.6) is 11.5 Å². The van der Waals surface area contributed by atoms with Crippen molar-refractivity contribution in [2.45, 2.75) is 13.5 Å². The molecule has 180 valence electrons. The first-order chi connectivity index (χ1) is 17.5. The van der Waals surface area contributed by atoms with Gasteiger partial charge in [-0.15, -0.1) is 0 Å². The molecule has 1 amide bonds. The van der Waals surface area contributed by atoms with Crippen LogP contribution < -0.4 is 14.8 Å². The molecule has 0 aliphatic rings. The Morgan fingerprint density at radius 2 is 1.78 bits per heavy atom. The fourth-order valence-corrected chi connectivity index (χ4v) is 4.70. The van der Waals surface area contributed by atoms with Crippen molar-refractivity contribution in [3.8, 4) is 17.6 Å². The van der Waals surface area contributed by atoms with Crippen molar-refractivity contribution in [1.29, 1.82) is 5.26 Å². The zero-order chi connectivity index (χ0) is 25.5. The molecule has 0 aliphatic heterocycles. The number of hydrogen-bond acceptors (Lipinski definition) is 4. The number of carbonyl (C=O) groups excluding carboxylic acids is 1. The van der Waals surface area contributed by atoms with Crippen molar-refractivity contribution in [2.75, 3.05) is 11.9 Å². The van der Waals surface area contributed by atoms with Crippen molar-refractivity contribution in [2.24, 2.45) is 0 Å². The Bertz CT molecular complexity index is 1490. The molecule has 4 aromatic rings. The molecule has 4 rings (SSSR count). The normalized spacial score (nSPS) is 11.1. The van der Waals surface area contributed by atoms with Gasteiger partial charge in [-0.3, -0.25) is 4.79 Å². The Kier molecular flexibility index (Phi) is 8.42. The molecular formula is C29H22Br2N2O3. The number of rotatable bonds is 8. The minimum Gasteiger partial charge on any atom is -0.490 e. The molecule has 0 heterocycles. The van der Waals surface area contributed by atoms with Crippen LogP contribution in [-0.2, 0) is 11.4 Å². The monoisotopic (exact) mass is 604 g/mol. The Morgan fingerprint density at radius 3 is 2.56 bits per heavy atom. The number of benzene rings is 4. The smallest absolute Gasteiger partial charge is 0.266 e. The number of nitrogens with one attached hydrogen (secondary N) is 1. The van der Waals surface area contributed by atoms with Crippen LogP contribution in [0.2, 0.25) is 0 Å². The van der Waals surface area contributed by atoms with Gasteiger partial charge in [0.25, 0.3) is 5.91 Å². The quantitative estimate of drug-likeness (QED) is 0.164. The molecule has 0 bridgehead atoms. The highest BCUT2D eigenvalue weighted by Crippen LogP contribution is 2.38. The second-order valence-electron chi connectivity index (χ2n) is 7.82. The van der Waals surface area contributed by atoms with Crippen LogP contribution >= 0.6 is 31.9 Å². The first kappa shape index (κ1) is 25.5. The van der Waals surface area contributed by atoms with Crippen LogP contribution in [0.15, 0.2) is 93.4 Å². The van der Waals surface area contributed by atoms with Gasteiger partial charge in [-0.2, -0.15) is 5.26 Å². The minimum absolute atomic E-state index is 0.0336. The van der Waals surface area contributed by atoms with Gasteiger partial charge in [-0.05, 0) is 81.2 Å². The first-order valence-corrected chi connectivity index (χ1v) is 12.8. The zero-order valence-corrected chi connectivity index (χ0v) is 22.6. The molecule has 0 spiro atoms. The summed E-state index contributed by atoms with van der Waals surface area (Å²) in [6.07, 6.45) is 1.52. The lowest BCUT2D eigenvalue weighted by atomic mass is 10.1. The lowest BCUT2D eigenvalue weighted by Gasteiger charge is -2.16. The van der Waals surface area contributed by atoms with Crippen LogP contribution in [0.25, 0.3) is 16.8 Å². The molecule has 0 radical (unpaired) electrons. The molecule has 0 aromatic heterocycles. The van der Waals surface area contributed by atoms with Crippen LogP contribution in [0, 0.1) is 11.3 Å². The van der Waals surface area contributed by atoms with E-state index in [1.807, 2.05) is 43.3 Å². The SMILES string of the molecule is CCOc1cc(/C=C(/C#N)C(=O)Nc2cccc(Br)c2)cc(Br)c1OCc1cccc2ccccc12. The number of anilines is 1. The number of nitriles is 1. The third-order valence-corrected chi connectivity index (χ3v) is 6.42. The van der Waals surface area contributed by atoms with Gasteiger partial charge < -0.3 is 14.8 Å². The maximum absolute atomic E-state index is 12.7. The molecule has 0 unspecified atom stereocenters. The van der Waals surface area contributed by atoms with Gasteiger partial charge in [-0.25, -0.2) is 0 Å². The van der Waals surface area contributed by atoms with E-state index in [2.05, 4.69) is 55.4 Å². The zero-order valence-electron chi connectivity index (χ0n) is 19.4. The summed E-state index contributed by atoms with van der Waals surface area (Å²) in [5.74, 6) is 0.572. The van der Waals surface area contributed by atoms with Crippen molar-refractivity contribution in [3.05, 3.63) is 105 Å². The second kappa shape index (κ2) is 11.9. The summed E-state index contributed by atoms with van der Waals surface area (Å²) in [6.45, 7) is 2.67. The van der Waals surface area contributed by atoms with Gasteiger partial charge in [0.05, 0.1) is 11.1 Å². The van der Waals surface area contributed by atoms with Gasteiger partial charge in [0.1, 0.15) is 18.2 Å². The van der Waals surface area contributed by atoms with Gasteiger partial charge in [0, 0.05) is 10.2 Å².